The van der Waals surface area contributed by atoms with E-state index >= 15 is 0 Å². The lowest BCUT2D eigenvalue weighted by atomic mass is 10.1. The van der Waals surface area contributed by atoms with Crippen LogP contribution in [0.3, 0.4) is 0 Å². The van der Waals surface area contributed by atoms with Gasteiger partial charge in [-0.1, -0.05) is 48.9 Å². The average molecular weight is 430 g/mol. The van der Waals surface area contributed by atoms with Crippen LogP contribution in [0.5, 0.6) is 5.75 Å². The molecule has 4 amide bonds. The van der Waals surface area contributed by atoms with E-state index in [4.69, 9.17) is 16.3 Å². The monoisotopic (exact) mass is 429 g/mol. The number of nitrogens with zero attached hydrogens (tertiary/aromatic N) is 2. The van der Waals surface area contributed by atoms with Gasteiger partial charge in [0.05, 0.1) is 17.3 Å². The highest BCUT2D eigenvalue weighted by atomic mass is 35.5. The van der Waals surface area contributed by atoms with Gasteiger partial charge < -0.3 is 15.0 Å². The van der Waals surface area contributed by atoms with E-state index in [9.17, 15) is 14.4 Å². The minimum Gasteiger partial charge on any atom is -0.483 e. The molecule has 1 N–H and O–H groups in total. The number of carbonyl (C=O) groups excluding carboxylic acids is 3. The summed E-state index contributed by atoms with van der Waals surface area (Å²) in [5, 5.41) is 3.15. The maximum absolute atomic E-state index is 12.7. The first-order valence-electron chi connectivity index (χ1n) is 9.84. The fraction of sp³-hybridized carbons (Fsp3) is 0.318. The van der Waals surface area contributed by atoms with Gasteiger partial charge in [-0.15, -0.1) is 0 Å². The number of anilines is 1. The van der Waals surface area contributed by atoms with Gasteiger partial charge in [-0.3, -0.25) is 14.5 Å². The molecule has 8 heteroatoms. The zero-order valence-corrected chi connectivity index (χ0v) is 17.5. The van der Waals surface area contributed by atoms with E-state index in [1.165, 1.54) is 4.90 Å². The van der Waals surface area contributed by atoms with Gasteiger partial charge in [0.1, 0.15) is 5.75 Å². The van der Waals surface area contributed by atoms with Crippen LogP contribution in [0.4, 0.5) is 10.5 Å². The molecule has 158 valence electrons. The summed E-state index contributed by atoms with van der Waals surface area (Å²) in [6.45, 7) is 2.80. The highest BCUT2D eigenvalue weighted by Crippen LogP contribution is 2.23. The first-order valence-corrected chi connectivity index (χ1v) is 10.2. The summed E-state index contributed by atoms with van der Waals surface area (Å²) >= 11 is 6.06. The van der Waals surface area contributed by atoms with Gasteiger partial charge in [0, 0.05) is 25.1 Å². The van der Waals surface area contributed by atoms with Crippen molar-refractivity contribution in [2.75, 3.05) is 25.0 Å². The number of imide groups is 1. The van der Waals surface area contributed by atoms with Crippen LogP contribution in [0.15, 0.2) is 48.5 Å². The van der Waals surface area contributed by atoms with Crippen LogP contribution in [-0.4, -0.2) is 47.3 Å². The molecule has 2 aromatic carbocycles. The number of amides is 4. The Balaban J connectivity index is 1.63. The molecule has 0 bridgehead atoms. The Kier molecular flexibility index (Phi) is 7.30. The van der Waals surface area contributed by atoms with Crippen LogP contribution in [-0.2, 0) is 16.1 Å². The van der Waals surface area contributed by atoms with E-state index in [1.54, 1.807) is 41.3 Å². The minimum absolute atomic E-state index is 0.140. The van der Waals surface area contributed by atoms with Gasteiger partial charge in [-0.2, -0.15) is 0 Å². The summed E-state index contributed by atoms with van der Waals surface area (Å²) in [6, 6.07) is 13.9. The Hall–Kier alpha value is -3.06. The molecule has 0 saturated carbocycles. The maximum Gasteiger partial charge on any atom is 0.327 e. The number of hydrogen-bond donors (Lipinski definition) is 1. The Morgan fingerprint density at radius 1 is 1.13 bits per heavy atom. The molecule has 3 rings (SSSR count). The smallest absolute Gasteiger partial charge is 0.327 e. The first kappa shape index (κ1) is 21.6. The van der Waals surface area contributed by atoms with Crippen molar-refractivity contribution in [3.63, 3.8) is 0 Å². The second-order valence-electron chi connectivity index (χ2n) is 6.92. The van der Waals surface area contributed by atoms with E-state index in [0.717, 1.165) is 5.56 Å². The molecule has 1 aliphatic heterocycles. The maximum atomic E-state index is 12.7. The summed E-state index contributed by atoms with van der Waals surface area (Å²) in [5.74, 6) is 0.0316. The van der Waals surface area contributed by atoms with E-state index in [-0.39, 0.29) is 24.5 Å². The quantitative estimate of drug-likeness (QED) is 0.689. The normalized spacial score (nSPS) is 14.1. The molecular weight excluding hydrogens is 406 g/mol. The third kappa shape index (κ3) is 5.30. The molecule has 0 unspecified atom stereocenters. The van der Waals surface area contributed by atoms with Gasteiger partial charge in [0.2, 0.25) is 5.91 Å². The average Bonchev–Trinajstić information content (AvgIpc) is 2.74. The molecule has 1 heterocycles. The lowest BCUT2D eigenvalue weighted by Crippen LogP contribution is -2.52. The van der Waals surface area contributed by atoms with Crippen molar-refractivity contribution in [3.8, 4) is 5.75 Å². The zero-order chi connectivity index (χ0) is 21.5. The highest BCUT2D eigenvalue weighted by Gasteiger charge is 2.31. The van der Waals surface area contributed by atoms with Crippen LogP contribution in [0.25, 0.3) is 0 Å². The van der Waals surface area contributed by atoms with Crippen LogP contribution >= 0.6 is 11.6 Å². The summed E-state index contributed by atoms with van der Waals surface area (Å²) in [7, 11) is 0. The van der Waals surface area contributed by atoms with Crippen molar-refractivity contribution < 1.29 is 19.1 Å². The Morgan fingerprint density at radius 2 is 1.87 bits per heavy atom. The van der Waals surface area contributed by atoms with Crippen molar-refractivity contribution in [2.24, 2.45) is 0 Å². The molecule has 2 aromatic rings. The summed E-state index contributed by atoms with van der Waals surface area (Å²) in [6.07, 6.45) is 1.01. The van der Waals surface area contributed by atoms with E-state index < -0.39 is 0 Å². The Bertz CT molecular complexity index is 934. The van der Waals surface area contributed by atoms with Crippen molar-refractivity contribution >= 4 is 35.1 Å². The molecule has 7 nitrogen and oxygen atoms in total. The Labute approximate surface area is 180 Å². The first-order chi connectivity index (χ1) is 14.5. The molecule has 1 aliphatic rings. The number of benzene rings is 2. The predicted molar refractivity (Wildman–Crippen MR) is 114 cm³/mol. The van der Waals surface area contributed by atoms with E-state index in [1.807, 2.05) is 19.1 Å². The van der Waals surface area contributed by atoms with Crippen LogP contribution < -0.4 is 10.1 Å². The number of ether oxygens (including phenoxy) is 1. The van der Waals surface area contributed by atoms with Gasteiger partial charge in [0.25, 0.3) is 5.91 Å². The molecule has 30 heavy (non-hydrogen) atoms. The topological polar surface area (TPSA) is 79.0 Å². The largest absolute Gasteiger partial charge is 0.483 e. The molecule has 0 radical (unpaired) electrons. The van der Waals surface area contributed by atoms with Gasteiger partial charge in [-0.05, 0) is 24.6 Å². The van der Waals surface area contributed by atoms with Crippen molar-refractivity contribution in [3.05, 3.63) is 59.1 Å². The molecule has 1 saturated heterocycles. The fourth-order valence-electron chi connectivity index (χ4n) is 3.20. The number of halogens is 1. The second kappa shape index (κ2) is 10.1. The van der Waals surface area contributed by atoms with Crippen molar-refractivity contribution in [1.29, 1.82) is 0 Å². The summed E-state index contributed by atoms with van der Waals surface area (Å²) in [5.41, 5.74) is 1.28. The Morgan fingerprint density at radius 3 is 2.63 bits per heavy atom. The van der Waals surface area contributed by atoms with E-state index in [2.05, 4.69) is 5.32 Å². The molecule has 0 atom stereocenters. The SMILES string of the molecule is CCCN1C(=O)CCN(Cc2ccccc2OCC(=O)Nc2ccccc2Cl)C1=O. The number of hydrogen-bond acceptors (Lipinski definition) is 4. The summed E-state index contributed by atoms with van der Waals surface area (Å²) < 4.78 is 5.71. The van der Waals surface area contributed by atoms with Crippen LogP contribution in [0, 0.1) is 0 Å². The number of carbonyl (C=O) groups is 3. The number of nitrogens with one attached hydrogen (secondary N) is 1. The van der Waals surface area contributed by atoms with Gasteiger partial charge in [-0.25, -0.2) is 4.79 Å². The fourth-order valence-corrected chi connectivity index (χ4v) is 3.39. The zero-order valence-electron chi connectivity index (χ0n) is 16.8. The molecule has 0 spiro atoms. The van der Waals surface area contributed by atoms with Crippen LogP contribution in [0.1, 0.15) is 25.3 Å². The third-order valence-corrected chi connectivity index (χ3v) is 5.02. The van der Waals surface area contributed by atoms with E-state index in [0.29, 0.717) is 48.9 Å². The standard InChI is InChI=1S/C22H24ClN3O4/c1-2-12-26-21(28)11-13-25(22(26)29)14-16-7-3-6-10-19(16)30-15-20(27)24-18-9-5-4-8-17(18)23/h3-10H,2,11-15H2,1H3,(H,24,27). The number of rotatable bonds is 8. The lowest BCUT2D eigenvalue weighted by molar-refractivity contribution is -0.131. The molecule has 0 aromatic heterocycles. The predicted octanol–water partition coefficient (Wildman–Crippen LogP) is 3.92. The third-order valence-electron chi connectivity index (χ3n) is 4.69. The molecule has 0 aliphatic carbocycles. The van der Waals surface area contributed by atoms with Crippen molar-refractivity contribution in [2.45, 2.75) is 26.3 Å². The van der Waals surface area contributed by atoms with Crippen LogP contribution in [0.2, 0.25) is 5.02 Å². The van der Waals surface area contributed by atoms with Gasteiger partial charge in [0.15, 0.2) is 6.61 Å². The summed E-state index contributed by atoms with van der Waals surface area (Å²) in [4.78, 5) is 39.8. The minimum atomic E-state index is -0.341. The second-order valence-corrected chi connectivity index (χ2v) is 7.33. The lowest BCUT2D eigenvalue weighted by Gasteiger charge is -2.34. The van der Waals surface area contributed by atoms with Gasteiger partial charge >= 0.3 is 6.03 Å². The number of para-hydroxylation sites is 2. The molecular formula is C22H24ClN3O4. The number of urea groups is 1. The highest BCUT2D eigenvalue weighted by molar-refractivity contribution is 6.33. The van der Waals surface area contributed by atoms with Crippen molar-refractivity contribution in [1.82, 2.24) is 9.80 Å². The molecule has 1 fully saturated rings.